The molecule has 0 aliphatic heterocycles. The number of benzene rings is 1. The Bertz CT molecular complexity index is 757. The molecule has 5 heteroatoms. The normalized spacial score (nSPS) is 12.0. The van der Waals surface area contributed by atoms with Crippen LogP contribution in [0.15, 0.2) is 24.8 Å². The van der Waals surface area contributed by atoms with Gasteiger partial charge in [0.15, 0.2) is 0 Å². The third kappa shape index (κ3) is 2.06. The van der Waals surface area contributed by atoms with Crippen LogP contribution in [0.1, 0.15) is 18.2 Å². The third-order valence-electron chi connectivity index (χ3n) is 2.81. The Morgan fingerprint density at radius 1 is 1.33 bits per heavy atom. The predicted octanol–water partition coefficient (Wildman–Crippen LogP) is 3.44. The first kappa shape index (κ1) is 13.2. The minimum atomic E-state index is -3.38. The Kier molecular flexibility index (Phi) is 3.03. The summed E-state index contributed by atoms with van der Waals surface area (Å²) in [5, 5.41) is 1.43. The smallest absolute Gasteiger partial charge is 0.236 e. The molecule has 2 aromatic rings. The Labute approximate surface area is 112 Å². The number of hydrogen-bond acceptors (Lipinski definition) is 2. The molecular weight excluding hydrogens is 270 g/mol. The van der Waals surface area contributed by atoms with Crippen LogP contribution in [-0.2, 0) is 10.0 Å². The van der Waals surface area contributed by atoms with Crippen molar-refractivity contribution in [3.63, 3.8) is 0 Å². The SMILES string of the molecule is C=C(C)c1cc2cc(Cl)c(C)cc2n1S(C)(=O)=O. The topological polar surface area (TPSA) is 39.1 Å². The van der Waals surface area contributed by atoms with E-state index in [2.05, 4.69) is 6.58 Å². The second-order valence-corrected chi connectivity index (χ2v) is 6.74. The van der Waals surface area contributed by atoms with Gasteiger partial charge in [-0.3, -0.25) is 0 Å². The van der Waals surface area contributed by atoms with E-state index in [1.807, 2.05) is 6.92 Å². The maximum absolute atomic E-state index is 11.9. The summed E-state index contributed by atoms with van der Waals surface area (Å²) >= 11 is 6.06. The molecule has 2 rings (SSSR count). The van der Waals surface area contributed by atoms with Crippen molar-refractivity contribution in [1.82, 2.24) is 3.97 Å². The van der Waals surface area contributed by atoms with Gasteiger partial charge in [-0.25, -0.2) is 12.4 Å². The van der Waals surface area contributed by atoms with Gasteiger partial charge in [-0.2, -0.15) is 0 Å². The fraction of sp³-hybridized carbons (Fsp3) is 0.231. The Morgan fingerprint density at radius 2 is 1.94 bits per heavy atom. The summed E-state index contributed by atoms with van der Waals surface area (Å²) in [5.41, 5.74) is 2.78. The van der Waals surface area contributed by atoms with E-state index in [1.165, 1.54) is 10.2 Å². The Hall–Kier alpha value is -1.26. The van der Waals surface area contributed by atoms with Crippen LogP contribution in [-0.4, -0.2) is 18.6 Å². The van der Waals surface area contributed by atoms with Crippen molar-refractivity contribution in [3.8, 4) is 0 Å². The van der Waals surface area contributed by atoms with Crippen molar-refractivity contribution in [3.05, 3.63) is 41.1 Å². The van der Waals surface area contributed by atoms with Crippen molar-refractivity contribution in [2.24, 2.45) is 0 Å². The lowest BCUT2D eigenvalue weighted by atomic mass is 10.2. The summed E-state index contributed by atoms with van der Waals surface area (Å²) in [6, 6.07) is 5.36. The van der Waals surface area contributed by atoms with E-state index < -0.39 is 10.0 Å². The first-order valence-electron chi connectivity index (χ1n) is 5.40. The van der Waals surface area contributed by atoms with Crippen LogP contribution in [0.25, 0.3) is 16.5 Å². The molecule has 1 aromatic carbocycles. The summed E-state index contributed by atoms with van der Waals surface area (Å²) in [5.74, 6) is 0. The largest absolute Gasteiger partial charge is 0.238 e. The zero-order chi connectivity index (χ0) is 13.7. The highest BCUT2D eigenvalue weighted by Crippen LogP contribution is 2.30. The lowest BCUT2D eigenvalue weighted by Crippen LogP contribution is -2.12. The molecule has 0 spiro atoms. The van der Waals surface area contributed by atoms with E-state index in [4.69, 9.17) is 11.6 Å². The summed E-state index contributed by atoms with van der Waals surface area (Å²) in [6.07, 6.45) is 1.18. The fourth-order valence-corrected chi connectivity index (χ4v) is 3.22. The lowest BCUT2D eigenvalue weighted by Gasteiger charge is -2.08. The number of aromatic nitrogens is 1. The van der Waals surface area contributed by atoms with E-state index in [0.717, 1.165) is 10.9 Å². The van der Waals surface area contributed by atoms with E-state index in [0.29, 0.717) is 21.8 Å². The third-order valence-corrected chi connectivity index (χ3v) is 4.27. The molecule has 1 aromatic heterocycles. The Balaban J connectivity index is 3.00. The average Bonchev–Trinajstić information content (AvgIpc) is 2.56. The summed E-state index contributed by atoms with van der Waals surface area (Å²) < 4.78 is 25.2. The van der Waals surface area contributed by atoms with Gasteiger partial charge in [0.25, 0.3) is 0 Å². The second kappa shape index (κ2) is 4.14. The first-order chi connectivity index (χ1) is 8.21. The molecule has 1 heterocycles. The van der Waals surface area contributed by atoms with Crippen LogP contribution < -0.4 is 0 Å². The van der Waals surface area contributed by atoms with Crippen molar-refractivity contribution in [2.75, 3.05) is 6.26 Å². The summed E-state index contributed by atoms with van der Waals surface area (Å²) in [6.45, 7) is 7.45. The zero-order valence-corrected chi connectivity index (χ0v) is 12.1. The van der Waals surface area contributed by atoms with Crippen LogP contribution >= 0.6 is 11.6 Å². The molecule has 0 fully saturated rings. The van der Waals surface area contributed by atoms with Crippen LogP contribution in [0, 0.1) is 6.92 Å². The summed E-state index contributed by atoms with van der Waals surface area (Å²) in [4.78, 5) is 0. The highest BCUT2D eigenvalue weighted by Gasteiger charge is 2.17. The molecule has 0 aliphatic carbocycles. The van der Waals surface area contributed by atoms with Gasteiger partial charge in [0.05, 0.1) is 17.5 Å². The maximum atomic E-state index is 11.9. The first-order valence-corrected chi connectivity index (χ1v) is 7.62. The Morgan fingerprint density at radius 3 is 2.44 bits per heavy atom. The predicted molar refractivity (Wildman–Crippen MR) is 76.6 cm³/mol. The highest BCUT2D eigenvalue weighted by molar-refractivity contribution is 7.89. The van der Waals surface area contributed by atoms with Gasteiger partial charge in [-0.05, 0) is 43.2 Å². The van der Waals surface area contributed by atoms with Gasteiger partial charge in [-0.15, -0.1) is 0 Å². The minimum Gasteiger partial charge on any atom is -0.238 e. The van der Waals surface area contributed by atoms with Gasteiger partial charge >= 0.3 is 0 Å². The lowest BCUT2D eigenvalue weighted by molar-refractivity contribution is 0.594. The van der Waals surface area contributed by atoms with E-state index >= 15 is 0 Å². The molecular formula is C13H14ClNO2S. The molecule has 3 nitrogen and oxygen atoms in total. The number of fused-ring (bicyclic) bond motifs is 1. The van der Waals surface area contributed by atoms with E-state index in [1.54, 1.807) is 25.1 Å². The number of hydrogen-bond donors (Lipinski definition) is 0. The molecule has 0 aliphatic rings. The zero-order valence-electron chi connectivity index (χ0n) is 10.5. The summed E-state index contributed by atoms with van der Waals surface area (Å²) in [7, 11) is -3.38. The van der Waals surface area contributed by atoms with Gasteiger partial charge in [0, 0.05) is 10.4 Å². The van der Waals surface area contributed by atoms with E-state index in [9.17, 15) is 8.42 Å². The molecule has 0 bridgehead atoms. The molecule has 0 saturated heterocycles. The van der Waals surface area contributed by atoms with Gasteiger partial charge < -0.3 is 0 Å². The standard InChI is InChI=1S/C13H14ClNO2S/c1-8(2)12-7-10-6-11(14)9(3)5-13(10)15(12)18(4,16)17/h5-7H,1H2,2-4H3. The minimum absolute atomic E-state index is 0.592. The molecule has 0 amide bonds. The maximum Gasteiger partial charge on any atom is 0.236 e. The molecule has 0 saturated carbocycles. The van der Waals surface area contributed by atoms with Crippen molar-refractivity contribution >= 4 is 38.1 Å². The highest BCUT2D eigenvalue weighted by atomic mass is 35.5. The molecule has 0 unspecified atom stereocenters. The van der Waals surface area contributed by atoms with Crippen LogP contribution in [0.4, 0.5) is 0 Å². The quantitative estimate of drug-likeness (QED) is 0.847. The van der Waals surface area contributed by atoms with Crippen molar-refractivity contribution in [1.29, 1.82) is 0 Å². The van der Waals surface area contributed by atoms with Gasteiger partial charge in [0.1, 0.15) is 0 Å². The number of rotatable bonds is 2. The van der Waals surface area contributed by atoms with E-state index in [-0.39, 0.29) is 0 Å². The average molecular weight is 284 g/mol. The van der Waals surface area contributed by atoms with Crippen LogP contribution in [0.2, 0.25) is 5.02 Å². The fourth-order valence-electron chi connectivity index (χ4n) is 1.96. The molecule has 0 atom stereocenters. The number of aryl methyl sites for hydroxylation is 1. The number of nitrogens with zero attached hydrogens (tertiary/aromatic N) is 1. The monoisotopic (exact) mass is 283 g/mol. The molecule has 0 radical (unpaired) electrons. The number of allylic oxidation sites excluding steroid dienone is 1. The molecule has 18 heavy (non-hydrogen) atoms. The van der Waals surface area contributed by atoms with Crippen molar-refractivity contribution in [2.45, 2.75) is 13.8 Å². The molecule has 0 N–H and O–H groups in total. The van der Waals surface area contributed by atoms with Crippen LogP contribution in [0.3, 0.4) is 0 Å². The van der Waals surface area contributed by atoms with Crippen LogP contribution in [0.5, 0.6) is 0 Å². The number of halogens is 1. The van der Waals surface area contributed by atoms with Gasteiger partial charge in [0.2, 0.25) is 10.0 Å². The van der Waals surface area contributed by atoms with Crippen molar-refractivity contribution < 1.29 is 8.42 Å². The molecule has 96 valence electrons. The van der Waals surface area contributed by atoms with Gasteiger partial charge in [-0.1, -0.05) is 18.2 Å². The second-order valence-electron chi connectivity index (χ2n) is 4.50.